The van der Waals surface area contributed by atoms with Crippen molar-refractivity contribution >= 4 is 10.0 Å². The second-order valence-electron chi connectivity index (χ2n) is 4.19. The van der Waals surface area contributed by atoms with E-state index in [1.807, 2.05) is 6.07 Å². The van der Waals surface area contributed by atoms with E-state index in [1.165, 1.54) is 22.6 Å². The molecule has 17 heavy (non-hydrogen) atoms. The molecule has 1 aliphatic carbocycles. The summed E-state index contributed by atoms with van der Waals surface area (Å²) in [6.45, 7) is 0.516. The van der Waals surface area contributed by atoms with E-state index in [2.05, 4.69) is 4.98 Å². The van der Waals surface area contributed by atoms with Crippen LogP contribution in [0.15, 0.2) is 23.2 Å². The van der Waals surface area contributed by atoms with E-state index in [9.17, 15) is 8.42 Å². The zero-order chi connectivity index (χ0) is 12.5. The minimum absolute atomic E-state index is 0.00866. The maximum absolute atomic E-state index is 12.2. The Morgan fingerprint density at radius 1 is 1.59 bits per heavy atom. The molecule has 0 spiro atoms. The zero-order valence-electron chi connectivity index (χ0n) is 9.50. The van der Waals surface area contributed by atoms with Crippen molar-refractivity contribution in [2.75, 3.05) is 13.6 Å². The highest BCUT2D eigenvalue weighted by Crippen LogP contribution is 2.31. The van der Waals surface area contributed by atoms with Crippen molar-refractivity contribution in [2.24, 2.45) is 5.92 Å². The highest BCUT2D eigenvalue weighted by molar-refractivity contribution is 7.89. The van der Waals surface area contributed by atoms with Gasteiger partial charge in [0, 0.05) is 19.8 Å². The summed E-state index contributed by atoms with van der Waals surface area (Å²) in [5, 5.41) is 8.86. The van der Waals surface area contributed by atoms with Gasteiger partial charge in [-0.3, -0.25) is 0 Å². The number of rotatable bonds is 4. The van der Waals surface area contributed by atoms with Gasteiger partial charge in [-0.25, -0.2) is 17.7 Å². The summed E-state index contributed by atoms with van der Waals surface area (Å²) in [6.07, 6.45) is 3.58. The largest absolute Gasteiger partial charge is 0.245 e. The molecule has 0 atom stereocenters. The average Bonchev–Trinajstić information content (AvgIpc) is 3.12. The molecule has 1 heterocycles. The maximum atomic E-state index is 12.2. The summed E-state index contributed by atoms with van der Waals surface area (Å²) < 4.78 is 25.7. The number of nitrogens with zero attached hydrogens (tertiary/aromatic N) is 3. The lowest BCUT2D eigenvalue weighted by molar-refractivity contribution is 0.452. The van der Waals surface area contributed by atoms with Gasteiger partial charge in [-0.2, -0.15) is 5.26 Å². The molecular weight excluding hydrogens is 238 g/mol. The molecular formula is C11H13N3O2S. The summed E-state index contributed by atoms with van der Waals surface area (Å²) in [6, 6.07) is 4.76. The van der Waals surface area contributed by atoms with Gasteiger partial charge in [0.05, 0.1) is 0 Å². The fourth-order valence-corrected chi connectivity index (χ4v) is 2.95. The van der Waals surface area contributed by atoms with Gasteiger partial charge in [0.2, 0.25) is 10.0 Å². The predicted molar refractivity (Wildman–Crippen MR) is 61.5 cm³/mol. The van der Waals surface area contributed by atoms with Gasteiger partial charge in [0.25, 0.3) is 0 Å². The van der Waals surface area contributed by atoms with Crippen LogP contribution in [0.5, 0.6) is 0 Å². The Kier molecular flexibility index (Phi) is 3.13. The van der Waals surface area contributed by atoms with Gasteiger partial charge >= 0.3 is 0 Å². The molecule has 6 heteroatoms. The van der Waals surface area contributed by atoms with E-state index in [1.54, 1.807) is 7.05 Å². The van der Waals surface area contributed by atoms with Crippen molar-refractivity contribution in [3.63, 3.8) is 0 Å². The summed E-state index contributed by atoms with van der Waals surface area (Å²) in [4.78, 5) is 3.77. The molecule has 1 fully saturated rings. The molecule has 0 amide bonds. The Morgan fingerprint density at radius 2 is 2.29 bits per heavy atom. The highest BCUT2D eigenvalue weighted by Gasteiger charge is 2.30. The predicted octanol–water partition coefficient (Wildman–Crippen LogP) is 0.984. The van der Waals surface area contributed by atoms with E-state index in [4.69, 9.17) is 5.26 Å². The zero-order valence-corrected chi connectivity index (χ0v) is 10.3. The highest BCUT2D eigenvalue weighted by atomic mass is 32.2. The van der Waals surface area contributed by atoms with Crippen LogP contribution in [-0.2, 0) is 10.0 Å². The smallest absolute Gasteiger partial charge is 0.244 e. The minimum Gasteiger partial charge on any atom is -0.244 e. The summed E-state index contributed by atoms with van der Waals surface area (Å²) >= 11 is 0. The van der Waals surface area contributed by atoms with E-state index < -0.39 is 10.0 Å². The third-order valence-corrected chi connectivity index (χ3v) is 4.63. The van der Waals surface area contributed by atoms with Crippen LogP contribution >= 0.6 is 0 Å². The van der Waals surface area contributed by atoms with Gasteiger partial charge in [-0.05, 0) is 30.9 Å². The average molecular weight is 251 g/mol. The second kappa shape index (κ2) is 4.43. The van der Waals surface area contributed by atoms with Crippen molar-refractivity contribution in [3.8, 4) is 6.07 Å². The molecule has 0 unspecified atom stereocenters. The van der Waals surface area contributed by atoms with Gasteiger partial charge < -0.3 is 0 Å². The molecule has 0 saturated heterocycles. The maximum Gasteiger partial charge on any atom is 0.245 e. The van der Waals surface area contributed by atoms with Gasteiger partial charge in [-0.1, -0.05) is 0 Å². The first-order valence-electron chi connectivity index (χ1n) is 5.37. The molecule has 2 rings (SSSR count). The molecule has 1 saturated carbocycles. The SMILES string of the molecule is CN(CC1CC1)S(=O)(=O)c1cccnc1C#N. The quantitative estimate of drug-likeness (QED) is 0.799. The van der Waals surface area contributed by atoms with Crippen molar-refractivity contribution < 1.29 is 8.42 Å². The molecule has 1 aliphatic rings. The number of pyridine rings is 1. The van der Waals surface area contributed by atoms with Crippen LogP contribution in [0.4, 0.5) is 0 Å². The molecule has 1 aromatic heterocycles. The van der Waals surface area contributed by atoms with Crippen molar-refractivity contribution in [1.29, 1.82) is 5.26 Å². The first-order valence-corrected chi connectivity index (χ1v) is 6.81. The van der Waals surface area contributed by atoms with E-state index >= 15 is 0 Å². The molecule has 0 N–H and O–H groups in total. The Morgan fingerprint density at radius 3 is 2.88 bits per heavy atom. The van der Waals surface area contributed by atoms with Crippen LogP contribution in [0.2, 0.25) is 0 Å². The Balaban J connectivity index is 2.33. The van der Waals surface area contributed by atoms with E-state index in [-0.39, 0.29) is 10.6 Å². The fraction of sp³-hybridized carbons (Fsp3) is 0.455. The molecule has 5 nitrogen and oxygen atoms in total. The van der Waals surface area contributed by atoms with Gasteiger partial charge in [0.15, 0.2) is 5.69 Å². The molecule has 0 bridgehead atoms. The molecule has 1 aromatic rings. The number of sulfonamides is 1. The van der Waals surface area contributed by atoms with Crippen LogP contribution in [0, 0.1) is 17.2 Å². The third-order valence-electron chi connectivity index (χ3n) is 2.78. The van der Waals surface area contributed by atoms with Gasteiger partial charge in [-0.15, -0.1) is 0 Å². The normalized spacial score (nSPS) is 15.8. The van der Waals surface area contributed by atoms with E-state index in [0.29, 0.717) is 12.5 Å². The monoisotopic (exact) mass is 251 g/mol. The van der Waals surface area contributed by atoms with Gasteiger partial charge in [0.1, 0.15) is 11.0 Å². The topological polar surface area (TPSA) is 74.1 Å². The van der Waals surface area contributed by atoms with Crippen LogP contribution in [-0.4, -0.2) is 31.3 Å². The minimum atomic E-state index is -3.59. The number of hydrogen-bond acceptors (Lipinski definition) is 4. The lowest BCUT2D eigenvalue weighted by Crippen LogP contribution is -2.29. The fourth-order valence-electron chi connectivity index (χ4n) is 1.61. The summed E-state index contributed by atoms with van der Waals surface area (Å²) in [7, 11) is -2.05. The lowest BCUT2D eigenvalue weighted by atomic mass is 10.4. The van der Waals surface area contributed by atoms with E-state index in [0.717, 1.165) is 12.8 Å². The van der Waals surface area contributed by atoms with Crippen LogP contribution in [0.1, 0.15) is 18.5 Å². The Labute approximate surface area is 101 Å². The standard InChI is InChI=1S/C11H13N3O2S/c1-14(8-9-4-5-9)17(15,16)11-3-2-6-13-10(11)7-12/h2-3,6,9H,4-5,8H2,1H3. The van der Waals surface area contributed by atoms with Crippen molar-refractivity contribution in [3.05, 3.63) is 24.0 Å². The van der Waals surface area contributed by atoms with Crippen molar-refractivity contribution in [1.82, 2.24) is 9.29 Å². The Hall–Kier alpha value is -1.45. The number of hydrogen-bond donors (Lipinski definition) is 0. The second-order valence-corrected chi connectivity index (χ2v) is 6.20. The van der Waals surface area contributed by atoms with Crippen LogP contribution in [0.25, 0.3) is 0 Å². The Bertz CT molecular complexity index is 558. The summed E-state index contributed by atoms with van der Waals surface area (Å²) in [5.74, 6) is 0.469. The molecule has 90 valence electrons. The summed E-state index contributed by atoms with van der Waals surface area (Å²) in [5.41, 5.74) is -0.0462. The first-order chi connectivity index (χ1) is 8.05. The van der Waals surface area contributed by atoms with Crippen LogP contribution in [0.3, 0.4) is 0 Å². The number of nitriles is 1. The molecule has 0 aromatic carbocycles. The number of aromatic nitrogens is 1. The first kappa shape index (κ1) is 12.0. The molecule has 0 aliphatic heterocycles. The van der Waals surface area contributed by atoms with Crippen molar-refractivity contribution in [2.45, 2.75) is 17.7 Å². The third kappa shape index (κ3) is 2.46. The lowest BCUT2D eigenvalue weighted by Gasteiger charge is -2.16. The molecule has 0 radical (unpaired) electrons. The van der Waals surface area contributed by atoms with Crippen LogP contribution < -0.4 is 0 Å².